The molecule has 1 amide bonds. The van der Waals surface area contributed by atoms with Crippen LogP contribution in [-0.2, 0) is 11.2 Å². The molecule has 0 bridgehead atoms. The van der Waals surface area contributed by atoms with Crippen molar-refractivity contribution in [2.45, 2.75) is 24.8 Å². The number of nitrogens with two attached hydrogens (primary N) is 1. The van der Waals surface area contributed by atoms with Crippen LogP contribution in [-0.4, -0.2) is 18.7 Å². The predicted octanol–water partition coefficient (Wildman–Crippen LogP) is 1.90. The average molecular weight is 220 g/mol. The van der Waals surface area contributed by atoms with Crippen molar-refractivity contribution < 1.29 is 9.53 Å². The highest BCUT2D eigenvalue weighted by atomic mass is 16.5. The van der Waals surface area contributed by atoms with Gasteiger partial charge in [-0.2, -0.15) is 0 Å². The van der Waals surface area contributed by atoms with E-state index in [9.17, 15) is 4.79 Å². The van der Waals surface area contributed by atoms with E-state index in [0.29, 0.717) is 0 Å². The van der Waals surface area contributed by atoms with Crippen LogP contribution in [0.25, 0.3) is 0 Å². The van der Waals surface area contributed by atoms with Crippen LogP contribution in [0, 0.1) is 0 Å². The summed E-state index contributed by atoms with van der Waals surface area (Å²) < 4.78 is 4.53. The fourth-order valence-corrected chi connectivity index (χ4v) is 1.67. The molecule has 0 aliphatic heterocycles. The number of anilines is 1. The summed E-state index contributed by atoms with van der Waals surface area (Å²) in [7, 11) is 1.35. The van der Waals surface area contributed by atoms with Gasteiger partial charge in [-0.3, -0.25) is 5.32 Å². The maximum atomic E-state index is 11.0. The lowest BCUT2D eigenvalue weighted by atomic mass is 10.0. The molecule has 0 aromatic heterocycles. The number of amides is 1. The van der Waals surface area contributed by atoms with Crippen LogP contribution < -0.4 is 11.1 Å². The predicted molar refractivity (Wildman–Crippen MR) is 62.3 cm³/mol. The number of hydrogen-bond acceptors (Lipinski definition) is 3. The van der Waals surface area contributed by atoms with E-state index >= 15 is 0 Å². The van der Waals surface area contributed by atoms with Crippen molar-refractivity contribution >= 4 is 11.8 Å². The zero-order chi connectivity index (χ0) is 11.6. The second-order valence-corrected chi connectivity index (χ2v) is 4.36. The number of benzene rings is 1. The highest BCUT2D eigenvalue weighted by molar-refractivity contribution is 5.84. The molecule has 4 heteroatoms. The van der Waals surface area contributed by atoms with Gasteiger partial charge in [0.2, 0.25) is 0 Å². The Hall–Kier alpha value is -1.55. The molecule has 1 aromatic rings. The number of methoxy groups -OCH3 is 1. The molecule has 0 radical (unpaired) electrons. The third-order valence-corrected chi connectivity index (χ3v) is 2.81. The fourth-order valence-electron chi connectivity index (χ4n) is 1.67. The molecule has 1 fully saturated rings. The topological polar surface area (TPSA) is 64.3 Å². The summed E-state index contributed by atoms with van der Waals surface area (Å²) in [6, 6.07) is 7.70. The van der Waals surface area contributed by atoms with Crippen molar-refractivity contribution in [2.24, 2.45) is 5.73 Å². The molecule has 4 nitrogen and oxygen atoms in total. The maximum Gasteiger partial charge on any atom is 0.411 e. The van der Waals surface area contributed by atoms with Gasteiger partial charge in [0.05, 0.1) is 7.11 Å². The van der Waals surface area contributed by atoms with Gasteiger partial charge in [-0.25, -0.2) is 4.79 Å². The summed E-state index contributed by atoms with van der Waals surface area (Å²) in [6.07, 6.45) is 2.58. The van der Waals surface area contributed by atoms with Crippen molar-refractivity contribution in [3.8, 4) is 0 Å². The van der Waals surface area contributed by atoms with Crippen molar-refractivity contribution in [3.05, 3.63) is 29.8 Å². The largest absolute Gasteiger partial charge is 0.453 e. The van der Waals surface area contributed by atoms with E-state index in [0.717, 1.165) is 30.5 Å². The minimum Gasteiger partial charge on any atom is -0.453 e. The average Bonchev–Trinajstić information content (AvgIpc) is 2.96. The van der Waals surface area contributed by atoms with Crippen LogP contribution in [0.5, 0.6) is 0 Å². The standard InChI is InChI=1S/C12H16N2O2/c1-16-11(15)14-10-4-2-3-9(7-10)8-12(13)5-6-12/h2-4,7H,5-6,8,13H2,1H3,(H,14,15). The number of nitrogens with one attached hydrogen (secondary N) is 1. The Morgan fingerprint density at radius 1 is 1.56 bits per heavy atom. The maximum absolute atomic E-state index is 11.0. The summed E-state index contributed by atoms with van der Waals surface area (Å²) in [5.74, 6) is 0. The molecule has 3 N–H and O–H groups in total. The molecular formula is C12H16N2O2. The fraction of sp³-hybridized carbons (Fsp3) is 0.417. The number of ether oxygens (including phenoxy) is 1. The van der Waals surface area contributed by atoms with E-state index in [1.165, 1.54) is 7.11 Å². The summed E-state index contributed by atoms with van der Waals surface area (Å²) in [5, 5.41) is 2.64. The van der Waals surface area contributed by atoms with E-state index in [-0.39, 0.29) is 5.54 Å². The lowest BCUT2D eigenvalue weighted by molar-refractivity contribution is 0.187. The first-order valence-electron chi connectivity index (χ1n) is 5.34. The number of rotatable bonds is 3. The molecule has 86 valence electrons. The summed E-state index contributed by atoms with van der Waals surface area (Å²) in [6.45, 7) is 0. The third-order valence-electron chi connectivity index (χ3n) is 2.81. The Labute approximate surface area is 94.8 Å². The van der Waals surface area contributed by atoms with Gasteiger partial charge in [-0.05, 0) is 37.0 Å². The van der Waals surface area contributed by atoms with E-state index in [1.807, 2.05) is 24.3 Å². The van der Waals surface area contributed by atoms with Gasteiger partial charge >= 0.3 is 6.09 Å². The second kappa shape index (κ2) is 4.14. The first-order chi connectivity index (χ1) is 7.61. The van der Waals surface area contributed by atoms with Crippen molar-refractivity contribution in [1.29, 1.82) is 0 Å². The first-order valence-corrected chi connectivity index (χ1v) is 5.34. The van der Waals surface area contributed by atoms with E-state index in [1.54, 1.807) is 0 Å². The quantitative estimate of drug-likeness (QED) is 0.817. The lowest BCUT2D eigenvalue weighted by Gasteiger charge is -2.10. The van der Waals surface area contributed by atoms with Gasteiger partial charge in [0, 0.05) is 11.2 Å². The molecule has 16 heavy (non-hydrogen) atoms. The highest BCUT2D eigenvalue weighted by Crippen LogP contribution is 2.35. The first kappa shape index (κ1) is 11.0. The van der Waals surface area contributed by atoms with Gasteiger partial charge in [0.25, 0.3) is 0 Å². The zero-order valence-corrected chi connectivity index (χ0v) is 9.32. The van der Waals surface area contributed by atoms with E-state index in [4.69, 9.17) is 5.73 Å². The van der Waals surface area contributed by atoms with Crippen molar-refractivity contribution in [1.82, 2.24) is 0 Å². The zero-order valence-electron chi connectivity index (χ0n) is 9.32. The van der Waals surface area contributed by atoms with Crippen LogP contribution in [0.3, 0.4) is 0 Å². The minimum absolute atomic E-state index is 0.0100. The Morgan fingerprint density at radius 3 is 2.94 bits per heavy atom. The monoisotopic (exact) mass is 220 g/mol. The van der Waals surface area contributed by atoms with E-state index < -0.39 is 6.09 Å². The summed E-state index contributed by atoms with van der Waals surface area (Å²) >= 11 is 0. The molecule has 1 aliphatic rings. The van der Waals surface area contributed by atoms with Gasteiger partial charge in [-0.1, -0.05) is 12.1 Å². The lowest BCUT2D eigenvalue weighted by Crippen LogP contribution is -2.24. The number of hydrogen-bond donors (Lipinski definition) is 2. The van der Waals surface area contributed by atoms with Crippen LogP contribution in [0.2, 0.25) is 0 Å². The number of carbonyl (C=O) groups is 1. The third kappa shape index (κ3) is 2.73. The second-order valence-electron chi connectivity index (χ2n) is 4.36. The molecule has 1 aromatic carbocycles. The minimum atomic E-state index is -0.453. The summed E-state index contributed by atoms with van der Waals surface area (Å²) in [5.41, 5.74) is 7.93. The Bertz CT molecular complexity index is 400. The van der Waals surface area contributed by atoms with Crippen molar-refractivity contribution in [2.75, 3.05) is 12.4 Å². The van der Waals surface area contributed by atoms with Crippen LogP contribution in [0.1, 0.15) is 18.4 Å². The normalized spacial score (nSPS) is 16.6. The smallest absolute Gasteiger partial charge is 0.411 e. The molecule has 0 saturated heterocycles. The molecule has 0 heterocycles. The Kier molecular flexibility index (Phi) is 2.83. The van der Waals surface area contributed by atoms with Gasteiger partial charge in [-0.15, -0.1) is 0 Å². The molecular weight excluding hydrogens is 204 g/mol. The Balaban J connectivity index is 2.04. The van der Waals surface area contributed by atoms with Gasteiger partial charge in [0.15, 0.2) is 0 Å². The van der Waals surface area contributed by atoms with E-state index in [2.05, 4.69) is 10.1 Å². The molecule has 0 unspecified atom stereocenters. The van der Waals surface area contributed by atoms with Crippen molar-refractivity contribution in [3.63, 3.8) is 0 Å². The molecule has 1 saturated carbocycles. The molecule has 1 aliphatic carbocycles. The molecule has 0 spiro atoms. The highest BCUT2D eigenvalue weighted by Gasteiger charge is 2.37. The number of carbonyl (C=O) groups excluding carboxylic acids is 1. The molecule has 2 rings (SSSR count). The summed E-state index contributed by atoms with van der Waals surface area (Å²) in [4.78, 5) is 11.0. The van der Waals surface area contributed by atoms with Crippen LogP contribution in [0.15, 0.2) is 24.3 Å². The molecule has 0 atom stereocenters. The SMILES string of the molecule is COC(=O)Nc1cccc(CC2(N)CC2)c1. The van der Waals surface area contributed by atoms with Gasteiger partial charge in [0.1, 0.15) is 0 Å². The van der Waals surface area contributed by atoms with Gasteiger partial charge < -0.3 is 10.5 Å². The van der Waals surface area contributed by atoms with Crippen LogP contribution in [0.4, 0.5) is 10.5 Å². The van der Waals surface area contributed by atoms with Crippen LogP contribution >= 0.6 is 0 Å². The Morgan fingerprint density at radius 2 is 2.31 bits per heavy atom.